The monoisotopic (exact) mass is 475 g/mol. The predicted molar refractivity (Wildman–Crippen MR) is 136 cm³/mol. The fourth-order valence-electron chi connectivity index (χ4n) is 4.34. The number of hydrogen-bond acceptors (Lipinski definition) is 3. The van der Waals surface area contributed by atoms with E-state index in [1.807, 2.05) is 61.5 Å². The highest BCUT2D eigenvalue weighted by Crippen LogP contribution is 2.30. The van der Waals surface area contributed by atoms with Gasteiger partial charge in [0.25, 0.3) is 0 Å². The summed E-state index contributed by atoms with van der Waals surface area (Å²) >= 11 is 6.12. The lowest BCUT2D eigenvalue weighted by molar-refractivity contribution is -0.137. The summed E-state index contributed by atoms with van der Waals surface area (Å²) in [6.45, 7) is 5.12. The zero-order valence-electron chi connectivity index (χ0n) is 19.4. The van der Waals surface area contributed by atoms with Gasteiger partial charge in [-0.25, -0.2) is 0 Å². The first kappa shape index (κ1) is 24.0. The highest BCUT2D eigenvalue weighted by atomic mass is 35.5. The molecule has 0 aliphatic carbocycles. The maximum Gasteiger partial charge on any atom is 0.232 e. The van der Waals surface area contributed by atoms with E-state index in [-0.39, 0.29) is 24.3 Å². The summed E-state index contributed by atoms with van der Waals surface area (Å²) in [5.41, 5.74) is 4.58. The Kier molecular flexibility index (Phi) is 7.99. The van der Waals surface area contributed by atoms with E-state index in [2.05, 4.69) is 34.5 Å². The van der Waals surface area contributed by atoms with Crippen LogP contribution in [-0.4, -0.2) is 47.8 Å². The molecule has 2 amide bonds. The molecule has 1 atom stereocenters. The van der Waals surface area contributed by atoms with Gasteiger partial charge in [0.05, 0.1) is 6.04 Å². The molecule has 5 nitrogen and oxygen atoms in total. The second kappa shape index (κ2) is 11.3. The molecule has 0 radical (unpaired) electrons. The van der Waals surface area contributed by atoms with Crippen LogP contribution in [0.1, 0.15) is 34.7 Å². The fourth-order valence-corrected chi connectivity index (χ4v) is 4.47. The molecule has 1 N–H and O–H groups in total. The minimum atomic E-state index is -0.240. The van der Waals surface area contributed by atoms with Crippen LogP contribution in [0.15, 0.2) is 78.9 Å². The Hall–Kier alpha value is -3.15. The van der Waals surface area contributed by atoms with E-state index in [1.54, 1.807) is 4.90 Å². The number of nitrogens with one attached hydrogen (secondary N) is 1. The minimum absolute atomic E-state index is 0.0912. The molecular weight excluding hydrogens is 446 g/mol. The van der Waals surface area contributed by atoms with Crippen LogP contribution in [0.2, 0.25) is 5.02 Å². The number of amides is 2. The summed E-state index contributed by atoms with van der Waals surface area (Å²) in [7, 11) is 0. The number of piperazine rings is 1. The number of carbonyl (C=O) groups excluding carboxylic acids is 2. The number of benzene rings is 3. The lowest BCUT2D eigenvalue weighted by Gasteiger charge is -2.39. The average Bonchev–Trinajstić information content (AvgIpc) is 2.86. The smallest absolute Gasteiger partial charge is 0.232 e. The van der Waals surface area contributed by atoms with E-state index in [0.29, 0.717) is 24.7 Å². The summed E-state index contributed by atoms with van der Waals surface area (Å²) in [4.78, 5) is 29.3. The van der Waals surface area contributed by atoms with Crippen molar-refractivity contribution >= 4 is 23.4 Å². The van der Waals surface area contributed by atoms with Gasteiger partial charge in [0.2, 0.25) is 11.8 Å². The summed E-state index contributed by atoms with van der Waals surface area (Å²) in [5.74, 6) is -0.361. The first-order chi connectivity index (χ1) is 16.5. The van der Waals surface area contributed by atoms with Crippen molar-refractivity contribution in [2.24, 2.45) is 0 Å². The van der Waals surface area contributed by atoms with Crippen LogP contribution in [0.3, 0.4) is 0 Å². The molecule has 1 heterocycles. The summed E-state index contributed by atoms with van der Waals surface area (Å²) in [6, 6.07) is 26.4. The quantitative estimate of drug-likeness (QED) is 0.508. The molecule has 3 aromatic rings. The molecule has 1 saturated heterocycles. The van der Waals surface area contributed by atoms with E-state index in [1.165, 1.54) is 16.7 Å². The Balaban J connectivity index is 1.33. The standard InChI is InChI=1S/C28H30ClN3O2/c1-21-7-9-22(10-8-21)20-30-26(33)19-27(34)31-15-17-32(18-16-31)28(23-5-3-2-4-6-23)24-11-13-25(29)14-12-24/h2-14,28H,15-20H2,1H3,(H,30,33). The van der Waals surface area contributed by atoms with E-state index in [4.69, 9.17) is 11.6 Å². The van der Waals surface area contributed by atoms with Crippen molar-refractivity contribution in [1.29, 1.82) is 0 Å². The maximum atomic E-state index is 12.8. The molecule has 0 spiro atoms. The van der Waals surface area contributed by atoms with Gasteiger partial charge >= 0.3 is 0 Å². The van der Waals surface area contributed by atoms with Crippen molar-refractivity contribution in [3.63, 3.8) is 0 Å². The molecule has 0 bridgehead atoms. The van der Waals surface area contributed by atoms with Gasteiger partial charge in [0, 0.05) is 37.7 Å². The van der Waals surface area contributed by atoms with Gasteiger partial charge in [0.15, 0.2) is 0 Å². The van der Waals surface area contributed by atoms with Gasteiger partial charge in [-0.2, -0.15) is 0 Å². The van der Waals surface area contributed by atoms with Crippen molar-refractivity contribution in [3.05, 3.63) is 106 Å². The molecule has 1 unspecified atom stereocenters. The van der Waals surface area contributed by atoms with Crippen molar-refractivity contribution in [2.45, 2.75) is 25.9 Å². The lowest BCUT2D eigenvalue weighted by atomic mass is 9.96. The molecule has 176 valence electrons. The van der Waals surface area contributed by atoms with E-state index >= 15 is 0 Å². The number of carbonyl (C=O) groups is 2. The fraction of sp³-hybridized carbons (Fsp3) is 0.286. The largest absolute Gasteiger partial charge is 0.352 e. The third-order valence-corrected chi connectivity index (χ3v) is 6.51. The van der Waals surface area contributed by atoms with Crippen molar-refractivity contribution in [3.8, 4) is 0 Å². The van der Waals surface area contributed by atoms with Gasteiger partial charge in [-0.15, -0.1) is 0 Å². The molecule has 3 aromatic carbocycles. The van der Waals surface area contributed by atoms with Crippen LogP contribution < -0.4 is 5.32 Å². The number of hydrogen-bond donors (Lipinski definition) is 1. The van der Waals surface area contributed by atoms with Crippen LogP contribution in [0.4, 0.5) is 0 Å². The summed E-state index contributed by atoms with van der Waals surface area (Å²) < 4.78 is 0. The van der Waals surface area contributed by atoms with Crippen LogP contribution >= 0.6 is 11.6 Å². The van der Waals surface area contributed by atoms with Crippen molar-refractivity contribution in [2.75, 3.05) is 26.2 Å². The second-order valence-electron chi connectivity index (χ2n) is 8.72. The first-order valence-electron chi connectivity index (χ1n) is 11.6. The van der Waals surface area contributed by atoms with Gasteiger partial charge < -0.3 is 10.2 Å². The number of nitrogens with zero attached hydrogens (tertiary/aromatic N) is 2. The van der Waals surface area contributed by atoms with E-state index < -0.39 is 0 Å². The zero-order chi connectivity index (χ0) is 23.9. The van der Waals surface area contributed by atoms with E-state index in [9.17, 15) is 9.59 Å². The number of aryl methyl sites for hydroxylation is 1. The third-order valence-electron chi connectivity index (χ3n) is 6.26. The Bertz CT molecular complexity index is 1090. The molecular formula is C28H30ClN3O2. The first-order valence-corrected chi connectivity index (χ1v) is 12.0. The lowest BCUT2D eigenvalue weighted by Crippen LogP contribution is -2.50. The molecule has 1 fully saturated rings. The van der Waals surface area contributed by atoms with Crippen LogP contribution in [0, 0.1) is 6.92 Å². The van der Waals surface area contributed by atoms with Gasteiger partial charge in [-0.1, -0.05) is 83.9 Å². The van der Waals surface area contributed by atoms with Crippen molar-refractivity contribution in [1.82, 2.24) is 15.1 Å². The minimum Gasteiger partial charge on any atom is -0.352 e. The summed E-state index contributed by atoms with van der Waals surface area (Å²) in [5, 5.41) is 3.57. The van der Waals surface area contributed by atoms with Crippen LogP contribution in [0.5, 0.6) is 0 Å². The number of rotatable bonds is 7. The highest BCUT2D eigenvalue weighted by molar-refractivity contribution is 6.30. The molecule has 6 heteroatoms. The molecule has 34 heavy (non-hydrogen) atoms. The molecule has 1 aliphatic rings. The highest BCUT2D eigenvalue weighted by Gasteiger charge is 2.28. The zero-order valence-corrected chi connectivity index (χ0v) is 20.2. The SMILES string of the molecule is Cc1ccc(CNC(=O)CC(=O)N2CCN(C(c3ccccc3)c3ccc(Cl)cc3)CC2)cc1. The molecule has 0 saturated carbocycles. The van der Waals surface area contributed by atoms with Crippen molar-refractivity contribution < 1.29 is 9.59 Å². The molecule has 0 aromatic heterocycles. The van der Waals surface area contributed by atoms with Gasteiger partial charge in [0.1, 0.15) is 6.42 Å². The van der Waals surface area contributed by atoms with Gasteiger partial charge in [-0.05, 0) is 35.7 Å². The van der Waals surface area contributed by atoms with Crippen LogP contribution in [-0.2, 0) is 16.1 Å². The van der Waals surface area contributed by atoms with Gasteiger partial charge in [-0.3, -0.25) is 14.5 Å². The molecule has 1 aliphatic heterocycles. The topological polar surface area (TPSA) is 52.7 Å². The normalized spacial score (nSPS) is 15.1. The third kappa shape index (κ3) is 6.25. The maximum absolute atomic E-state index is 12.8. The second-order valence-corrected chi connectivity index (χ2v) is 9.16. The van der Waals surface area contributed by atoms with Crippen LogP contribution in [0.25, 0.3) is 0 Å². The van der Waals surface area contributed by atoms with E-state index in [0.717, 1.165) is 18.7 Å². The Morgan fingerprint density at radius 2 is 1.47 bits per heavy atom. The number of halogens is 1. The molecule has 4 rings (SSSR count). The Morgan fingerprint density at radius 3 is 2.12 bits per heavy atom. The predicted octanol–water partition coefficient (Wildman–Crippen LogP) is 4.59. The Labute approximate surface area is 206 Å². The average molecular weight is 476 g/mol. The summed E-state index contributed by atoms with van der Waals surface area (Å²) in [6.07, 6.45) is -0.120. The Morgan fingerprint density at radius 1 is 0.853 bits per heavy atom.